The van der Waals surface area contributed by atoms with Crippen molar-refractivity contribution in [1.29, 1.82) is 0 Å². The second-order valence-electron chi connectivity index (χ2n) is 7.78. The monoisotopic (exact) mass is 340 g/mol. The zero-order valence-corrected chi connectivity index (χ0v) is 18.6. The number of hydrogen-bond acceptors (Lipinski definition) is 3. The Balaban J connectivity index is 6.18. The maximum absolute atomic E-state index is 5.93. The lowest BCUT2D eigenvalue weighted by Gasteiger charge is -2.49. The summed E-state index contributed by atoms with van der Waals surface area (Å²) in [5.41, 5.74) is 0. The molecule has 4 nitrogen and oxygen atoms in total. The van der Waals surface area contributed by atoms with Crippen LogP contribution in [0.2, 0.25) is 58.9 Å². The van der Waals surface area contributed by atoms with Gasteiger partial charge >= 0.3 is 0 Å². The molecule has 0 rings (SSSR count). The average molecular weight is 341 g/mol. The highest BCUT2D eigenvalue weighted by Gasteiger charge is 2.46. The number of rotatable bonds is 6. The van der Waals surface area contributed by atoms with Crippen molar-refractivity contribution in [3.63, 3.8) is 0 Å². The molecule has 0 unspecified atom stereocenters. The van der Waals surface area contributed by atoms with Crippen molar-refractivity contribution in [3.8, 4) is 0 Å². The predicted octanol–water partition coefficient (Wildman–Crippen LogP) is 5.03. The van der Waals surface area contributed by atoms with Gasteiger partial charge in [0, 0.05) is 14.2 Å². The second kappa shape index (κ2) is 6.25. The van der Waals surface area contributed by atoms with Gasteiger partial charge in [-0.15, -0.1) is 0 Å². The first kappa shape index (κ1) is 19.8. The number of hydrogen-bond donors (Lipinski definition) is 0. The Morgan fingerprint density at radius 3 is 1.21 bits per heavy atom. The van der Waals surface area contributed by atoms with Gasteiger partial charge in [0.1, 0.15) is 16.5 Å². The molecule has 0 aliphatic rings. The van der Waals surface area contributed by atoms with Crippen molar-refractivity contribution < 1.29 is 9.05 Å². The van der Waals surface area contributed by atoms with Crippen LogP contribution in [0.25, 0.3) is 0 Å². The molecule has 0 N–H and O–H groups in total. The van der Waals surface area contributed by atoms with E-state index >= 15 is 0 Å². The standard InChI is InChI=1S/C11H33N2O2PSi3/c1-14-16(15-2,12-17(3,4)5)13(18(6,7)8)19(9,10)11/h1-11H3. The van der Waals surface area contributed by atoms with Gasteiger partial charge in [0.25, 0.3) is 7.66 Å². The maximum Gasteiger partial charge on any atom is 0.267 e. The molecule has 0 aromatic rings. The lowest BCUT2D eigenvalue weighted by atomic mass is 11.8. The largest absolute Gasteiger partial charge is 0.317 e. The first-order valence-corrected chi connectivity index (χ1v) is 18.6. The summed E-state index contributed by atoms with van der Waals surface area (Å²) in [6.45, 7) is 20.9. The average Bonchev–Trinajstić information content (AvgIpc) is 2.09. The highest BCUT2D eigenvalue weighted by molar-refractivity contribution is 7.60. The third-order valence-electron chi connectivity index (χ3n) is 2.43. The van der Waals surface area contributed by atoms with Crippen LogP contribution in [0.3, 0.4) is 0 Å². The quantitative estimate of drug-likeness (QED) is 0.502. The van der Waals surface area contributed by atoms with Crippen LogP contribution < -0.4 is 0 Å². The van der Waals surface area contributed by atoms with E-state index < -0.39 is 32.4 Å². The highest BCUT2D eigenvalue weighted by Crippen LogP contribution is 2.59. The molecule has 0 fully saturated rings. The van der Waals surface area contributed by atoms with E-state index in [9.17, 15) is 0 Å². The molecular formula is C11H33N2O2PSi3. The zero-order chi connectivity index (χ0) is 15.7. The molecule has 8 heteroatoms. The van der Waals surface area contributed by atoms with Crippen LogP contribution in [0.15, 0.2) is 4.41 Å². The summed E-state index contributed by atoms with van der Waals surface area (Å²) in [5, 5.41) is 0. The molecule has 0 heterocycles. The van der Waals surface area contributed by atoms with Crippen molar-refractivity contribution in [1.82, 2.24) is 4.00 Å². The topological polar surface area (TPSA) is 34.1 Å². The maximum atomic E-state index is 5.93. The van der Waals surface area contributed by atoms with Gasteiger partial charge in [-0.3, -0.25) is 8.41 Å². The van der Waals surface area contributed by atoms with Crippen molar-refractivity contribution in [2.45, 2.75) is 58.9 Å². The molecule has 116 valence electrons. The molecule has 0 saturated carbocycles. The number of nitrogens with zero attached hydrogens (tertiary/aromatic N) is 2. The van der Waals surface area contributed by atoms with Gasteiger partial charge < -0.3 is 9.05 Å². The molecule has 0 aliphatic heterocycles. The molecule has 0 spiro atoms. The SMILES string of the molecule is COP(=N[Si](C)(C)C)(OC)N([Si](C)(C)C)[Si](C)(C)C. The van der Waals surface area contributed by atoms with Crippen molar-refractivity contribution in [3.05, 3.63) is 0 Å². The van der Waals surface area contributed by atoms with Crippen LogP contribution in [0.4, 0.5) is 0 Å². The minimum atomic E-state index is -2.29. The summed E-state index contributed by atoms with van der Waals surface area (Å²) in [4.78, 5) is 0. The fraction of sp³-hybridized carbons (Fsp3) is 1.00. The normalized spacial score (nSPS) is 14.9. The zero-order valence-electron chi connectivity index (χ0n) is 14.7. The molecule has 0 bridgehead atoms. The van der Waals surface area contributed by atoms with Crippen LogP contribution in [-0.4, -0.2) is 42.9 Å². The van der Waals surface area contributed by atoms with Gasteiger partial charge in [-0.25, -0.2) is 0 Å². The van der Waals surface area contributed by atoms with Crippen LogP contribution in [-0.2, 0) is 9.05 Å². The van der Waals surface area contributed by atoms with Gasteiger partial charge in [0.15, 0.2) is 8.24 Å². The summed E-state index contributed by atoms with van der Waals surface area (Å²) in [5.74, 6) is 0. The van der Waals surface area contributed by atoms with Crippen molar-refractivity contribution in [2.75, 3.05) is 14.2 Å². The molecule has 19 heavy (non-hydrogen) atoms. The van der Waals surface area contributed by atoms with Crippen LogP contribution >= 0.6 is 7.66 Å². The molecule has 0 saturated heterocycles. The minimum Gasteiger partial charge on any atom is -0.317 e. The van der Waals surface area contributed by atoms with E-state index in [1.165, 1.54) is 0 Å². The summed E-state index contributed by atoms with van der Waals surface area (Å²) < 4.78 is 19.6. The smallest absolute Gasteiger partial charge is 0.267 e. The van der Waals surface area contributed by atoms with E-state index in [0.717, 1.165) is 0 Å². The fourth-order valence-corrected chi connectivity index (χ4v) is 22.9. The van der Waals surface area contributed by atoms with Gasteiger partial charge in [-0.2, -0.15) is 0 Å². The molecule has 0 aromatic carbocycles. The Morgan fingerprint density at radius 2 is 1.05 bits per heavy atom. The Labute approximate surface area is 123 Å². The summed E-state index contributed by atoms with van der Waals surface area (Å²) in [7, 11) is -3.55. The lowest BCUT2D eigenvalue weighted by Crippen LogP contribution is -2.57. The Kier molecular flexibility index (Phi) is 6.50. The lowest BCUT2D eigenvalue weighted by molar-refractivity contribution is 0.307. The summed E-state index contributed by atoms with van der Waals surface area (Å²) >= 11 is 0. The minimum absolute atomic E-state index is 1.58. The van der Waals surface area contributed by atoms with E-state index in [1.54, 1.807) is 14.2 Å². The summed E-state index contributed by atoms with van der Waals surface area (Å²) in [6, 6.07) is 0. The third kappa shape index (κ3) is 5.57. The molecule has 0 radical (unpaired) electrons. The second-order valence-corrected chi connectivity index (χ2v) is 25.8. The molecule has 0 aromatic heterocycles. The van der Waals surface area contributed by atoms with E-state index in [4.69, 9.17) is 13.5 Å². The predicted molar refractivity (Wildman–Crippen MR) is 95.2 cm³/mol. The van der Waals surface area contributed by atoms with Crippen LogP contribution in [0.5, 0.6) is 0 Å². The highest BCUT2D eigenvalue weighted by atomic mass is 31.2. The van der Waals surface area contributed by atoms with Crippen LogP contribution in [0, 0.1) is 0 Å². The Bertz CT molecular complexity index is 334. The first-order valence-electron chi connectivity index (χ1n) is 6.75. The fourth-order valence-electron chi connectivity index (χ4n) is 2.51. The van der Waals surface area contributed by atoms with E-state index in [2.05, 4.69) is 62.9 Å². The van der Waals surface area contributed by atoms with Crippen molar-refractivity contribution in [2.24, 2.45) is 4.41 Å². The molecule has 0 atom stereocenters. The Hall–Kier alpha value is 0.761. The van der Waals surface area contributed by atoms with E-state index in [1.807, 2.05) is 0 Å². The van der Waals surface area contributed by atoms with E-state index in [-0.39, 0.29) is 0 Å². The van der Waals surface area contributed by atoms with Gasteiger partial charge in [0.05, 0.1) is 0 Å². The van der Waals surface area contributed by atoms with Gasteiger partial charge in [0.2, 0.25) is 0 Å². The Morgan fingerprint density at radius 1 is 0.737 bits per heavy atom. The molecule has 0 aliphatic carbocycles. The molecule has 0 amide bonds. The van der Waals surface area contributed by atoms with Crippen LogP contribution in [0.1, 0.15) is 0 Å². The van der Waals surface area contributed by atoms with E-state index in [0.29, 0.717) is 0 Å². The first-order chi connectivity index (χ1) is 8.19. The van der Waals surface area contributed by atoms with Crippen molar-refractivity contribution >= 4 is 32.4 Å². The summed E-state index contributed by atoms with van der Waals surface area (Å²) in [6.07, 6.45) is 0. The van der Waals surface area contributed by atoms with Gasteiger partial charge in [-0.1, -0.05) is 39.3 Å². The third-order valence-corrected chi connectivity index (χ3v) is 19.0. The molecular weight excluding hydrogens is 307 g/mol. The van der Waals surface area contributed by atoms with Gasteiger partial charge in [-0.05, 0) is 19.6 Å².